The number of imidazole rings is 1. The molecule has 0 saturated carbocycles. The summed E-state index contributed by atoms with van der Waals surface area (Å²) in [7, 11) is 0. The van der Waals surface area contributed by atoms with Crippen LogP contribution in [-0.2, 0) is 6.42 Å². The lowest BCUT2D eigenvalue weighted by Crippen LogP contribution is -2.28. The summed E-state index contributed by atoms with van der Waals surface area (Å²) in [5.41, 5.74) is 3.69. The maximum atomic E-state index is 13.1. The molecule has 152 valence electrons. The molecule has 8 heteroatoms. The molecule has 0 saturated heterocycles. The molecule has 0 spiro atoms. The summed E-state index contributed by atoms with van der Waals surface area (Å²) in [6.45, 7) is 4.18. The monoisotopic (exact) mass is 439 g/mol. The summed E-state index contributed by atoms with van der Waals surface area (Å²) in [4.78, 5) is 21.1. The molecule has 5 rings (SSSR count). The normalized spacial score (nSPS) is 15.4. The zero-order valence-corrected chi connectivity index (χ0v) is 18.0. The average molecular weight is 440 g/mol. The number of ketones is 1. The highest BCUT2D eigenvalue weighted by atomic mass is 35.5. The Labute approximate surface area is 183 Å². The van der Waals surface area contributed by atoms with Gasteiger partial charge in [0.15, 0.2) is 11.6 Å². The van der Waals surface area contributed by atoms with E-state index in [9.17, 15) is 4.79 Å². The van der Waals surface area contributed by atoms with Crippen LogP contribution in [0.15, 0.2) is 42.5 Å². The van der Waals surface area contributed by atoms with Gasteiger partial charge in [-0.3, -0.25) is 4.79 Å². The van der Waals surface area contributed by atoms with E-state index in [-0.39, 0.29) is 11.2 Å². The van der Waals surface area contributed by atoms with Crippen molar-refractivity contribution in [2.75, 3.05) is 5.32 Å². The fourth-order valence-electron chi connectivity index (χ4n) is 4.01. The summed E-state index contributed by atoms with van der Waals surface area (Å²) in [5.74, 6) is 1.11. The van der Waals surface area contributed by atoms with Crippen LogP contribution in [0.25, 0.3) is 17.0 Å². The van der Waals surface area contributed by atoms with E-state index < -0.39 is 0 Å². The first-order valence-electron chi connectivity index (χ1n) is 9.62. The van der Waals surface area contributed by atoms with Crippen LogP contribution in [0.3, 0.4) is 0 Å². The molecule has 2 aromatic carbocycles. The third kappa shape index (κ3) is 3.36. The second-order valence-electron chi connectivity index (χ2n) is 8.38. The fraction of sp³-hybridized carbons (Fsp3) is 0.227. The quantitative estimate of drug-likeness (QED) is 0.413. The van der Waals surface area contributed by atoms with Crippen LogP contribution in [0, 0.1) is 5.41 Å². The van der Waals surface area contributed by atoms with Crippen LogP contribution in [0.4, 0.5) is 11.5 Å². The lowest BCUT2D eigenvalue weighted by molar-refractivity contribution is 0.0912. The van der Waals surface area contributed by atoms with Crippen molar-refractivity contribution >= 4 is 51.5 Å². The van der Waals surface area contributed by atoms with E-state index in [2.05, 4.69) is 29.1 Å². The number of hydrogen-bond donors (Lipinski definition) is 2. The number of halogens is 2. The molecule has 30 heavy (non-hydrogen) atoms. The Morgan fingerprint density at radius 2 is 1.83 bits per heavy atom. The molecule has 6 nitrogen and oxygen atoms in total. The molecule has 0 radical (unpaired) electrons. The first kappa shape index (κ1) is 19.2. The lowest BCUT2D eigenvalue weighted by Gasteiger charge is -2.28. The summed E-state index contributed by atoms with van der Waals surface area (Å²) < 4.78 is 1.74. The van der Waals surface area contributed by atoms with Crippen LogP contribution in [0.5, 0.6) is 0 Å². The second kappa shape index (κ2) is 6.86. The van der Waals surface area contributed by atoms with Gasteiger partial charge in [-0.1, -0.05) is 49.2 Å². The average Bonchev–Trinajstić information content (AvgIpc) is 3.21. The van der Waals surface area contributed by atoms with E-state index in [1.165, 1.54) is 0 Å². The Hall–Kier alpha value is -2.83. The van der Waals surface area contributed by atoms with Crippen molar-refractivity contribution in [2.45, 2.75) is 26.7 Å². The SMILES string of the molecule is CC1(C)CC(=O)c2c(Nc3cc(Cl)cc(Cl)c3)nn(-c3nc4ccccc4[nH]3)c2C1. The number of nitrogens with one attached hydrogen (secondary N) is 2. The largest absolute Gasteiger partial charge is 0.338 e. The number of anilines is 2. The van der Waals surface area contributed by atoms with Crippen molar-refractivity contribution in [3.8, 4) is 5.95 Å². The number of nitrogens with zero attached hydrogens (tertiary/aromatic N) is 3. The standard InChI is InChI=1S/C22H19Cl2N5O/c1-22(2)10-17-19(18(30)11-22)20(25-14-8-12(23)7-13(24)9-14)28-29(17)21-26-15-5-3-4-6-16(15)27-21/h3-9H,10-11H2,1-2H3,(H,25,28)(H,26,27). The van der Waals surface area contributed by atoms with Crippen molar-refractivity contribution in [3.63, 3.8) is 0 Å². The van der Waals surface area contributed by atoms with Gasteiger partial charge in [0.1, 0.15) is 0 Å². The number of Topliss-reactive ketones (excluding diaryl/α,β-unsaturated/α-hetero) is 1. The van der Waals surface area contributed by atoms with Gasteiger partial charge in [-0.15, -0.1) is 5.10 Å². The summed E-state index contributed by atoms with van der Waals surface area (Å²) >= 11 is 12.3. The van der Waals surface area contributed by atoms with Crippen molar-refractivity contribution < 1.29 is 4.79 Å². The number of rotatable bonds is 3. The number of carbonyl (C=O) groups is 1. The van der Waals surface area contributed by atoms with Crippen molar-refractivity contribution in [1.82, 2.24) is 19.7 Å². The Morgan fingerprint density at radius 1 is 1.10 bits per heavy atom. The first-order chi connectivity index (χ1) is 14.3. The molecule has 2 N–H and O–H groups in total. The van der Waals surface area contributed by atoms with Gasteiger partial charge in [-0.2, -0.15) is 0 Å². The van der Waals surface area contributed by atoms with Crippen LogP contribution in [0.2, 0.25) is 10.0 Å². The molecular formula is C22H19Cl2N5O. The smallest absolute Gasteiger partial charge is 0.229 e. The molecular weight excluding hydrogens is 421 g/mol. The van der Waals surface area contributed by atoms with E-state index in [0.29, 0.717) is 45.9 Å². The van der Waals surface area contributed by atoms with E-state index >= 15 is 0 Å². The maximum absolute atomic E-state index is 13.1. The summed E-state index contributed by atoms with van der Waals surface area (Å²) in [6, 6.07) is 12.9. The molecule has 0 aliphatic heterocycles. The molecule has 0 unspecified atom stereocenters. The summed E-state index contributed by atoms with van der Waals surface area (Å²) in [6.07, 6.45) is 1.16. The third-order valence-electron chi connectivity index (χ3n) is 5.25. The number of H-pyrrole nitrogens is 1. The number of benzene rings is 2. The zero-order valence-electron chi connectivity index (χ0n) is 16.5. The van der Waals surface area contributed by atoms with Gasteiger partial charge < -0.3 is 10.3 Å². The molecule has 2 heterocycles. The number of aromatic amines is 1. The van der Waals surface area contributed by atoms with E-state index in [0.717, 1.165) is 16.7 Å². The van der Waals surface area contributed by atoms with Crippen LogP contribution in [-0.4, -0.2) is 25.5 Å². The number of hydrogen-bond acceptors (Lipinski definition) is 4. The van der Waals surface area contributed by atoms with Gasteiger partial charge >= 0.3 is 0 Å². The highest BCUT2D eigenvalue weighted by Crippen LogP contribution is 2.39. The molecule has 0 bridgehead atoms. The van der Waals surface area contributed by atoms with Crippen LogP contribution < -0.4 is 5.32 Å². The number of fused-ring (bicyclic) bond motifs is 2. The number of carbonyl (C=O) groups excluding carboxylic acids is 1. The van der Waals surface area contributed by atoms with Gasteiger partial charge in [0.05, 0.1) is 22.3 Å². The number of aromatic nitrogens is 4. The topological polar surface area (TPSA) is 75.6 Å². The van der Waals surface area contributed by atoms with Crippen LogP contribution in [0.1, 0.15) is 36.3 Å². The molecule has 0 atom stereocenters. The van der Waals surface area contributed by atoms with Gasteiger partial charge in [-0.25, -0.2) is 9.67 Å². The Balaban J connectivity index is 1.67. The fourth-order valence-corrected chi connectivity index (χ4v) is 4.54. The molecule has 1 aliphatic rings. The predicted octanol–water partition coefficient (Wildman–Crippen LogP) is 5.95. The van der Waals surface area contributed by atoms with E-state index in [4.69, 9.17) is 28.3 Å². The summed E-state index contributed by atoms with van der Waals surface area (Å²) in [5, 5.41) is 8.97. The van der Waals surface area contributed by atoms with Gasteiger partial charge in [0.2, 0.25) is 5.95 Å². The Bertz CT molecular complexity index is 1250. The molecule has 2 aromatic heterocycles. The van der Waals surface area contributed by atoms with Crippen molar-refractivity contribution in [2.24, 2.45) is 5.41 Å². The first-order valence-corrected chi connectivity index (χ1v) is 10.4. The van der Waals surface area contributed by atoms with Gasteiger partial charge in [-0.05, 0) is 42.2 Å². The molecule has 0 amide bonds. The minimum absolute atomic E-state index is 0.0548. The predicted molar refractivity (Wildman–Crippen MR) is 119 cm³/mol. The minimum atomic E-state index is -0.162. The van der Waals surface area contributed by atoms with E-state index in [1.54, 1.807) is 22.9 Å². The zero-order chi connectivity index (χ0) is 21.0. The molecule has 4 aromatic rings. The lowest BCUT2D eigenvalue weighted by atomic mass is 9.76. The van der Waals surface area contributed by atoms with Crippen molar-refractivity contribution in [1.29, 1.82) is 0 Å². The van der Waals surface area contributed by atoms with Gasteiger partial charge in [0, 0.05) is 22.2 Å². The van der Waals surface area contributed by atoms with Crippen molar-refractivity contribution in [3.05, 3.63) is 63.8 Å². The third-order valence-corrected chi connectivity index (χ3v) is 5.68. The molecule has 1 aliphatic carbocycles. The Kier molecular flexibility index (Phi) is 4.38. The van der Waals surface area contributed by atoms with Gasteiger partial charge in [0.25, 0.3) is 0 Å². The molecule has 0 fully saturated rings. The van der Waals surface area contributed by atoms with Crippen LogP contribution >= 0.6 is 23.2 Å². The number of para-hydroxylation sites is 2. The highest BCUT2D eigenvalue weighted by molar-refractivity contribution is 6.35. The Morgan fingerprint density at radius 3 is 2.57 bits per heavy atom. The second-order valence-corrected chi connectivity index (χ2v) is 9.26. The highest BCUT2D eigenvalue weighted by Gasteiger charge is 2.37. The van der Waals surface area contributed by atoms with E-state index in [1.807, 2.05) is 24.3 Å². The minimum Gasteiger partial charge on any atom is -0.338 e. The maximum Gasteiger partial charge on any atom is 0.229 e.